The molecule has 2 rings (SSSR count). The van der Waals surface area contributed by atoms with Gasteiger partial charge in [0.1, 0.15) is 5.82 Å². The summed E-state index contributed by atoms with van der Waals surface area (Å²) in [4.78, 5) is 0. The SMILES string of the molecule is CCCc1ccc(-c2ccc(CCC(CO)CO)cc2)c(F)c1. The number of aliphatic hydroxyl groups excluding tert-OH is 2. The molecule has 0 saturated carbocycles. The molecule has 0 saturated heterocycles. The van der Waals surface area contributed by atoms with Crippen molar-refractivity contribution in [2.45, 2.75) is 32.6 Å². The molecule has 124 valence electrons. The minimum absolute atomic E-state index is 0.00387. The van der Waals surface area contributed by atoms with Crippen molar-refractivity contribution in [2.24, 2.45) is 5.92 Å². The number of hydrogen-bond donors (Lipinski definition) is 2. The van der Waals surface area contributed by atoms with Crippen molar-refractivity contribution in [3.8, 4) is 11.1 Å². The van der Waals surface area contributed by atoms with Gasteiger partial charge in [0.15, 0.2) is 0 Å². The summed E-state index contributed by atoms with van der Waals surface area (Å²) in [6.07, 6.45) is 3.44. The molecule has 0 amide bonds. The molecule has 0 spiro atoms. The van der Waals surface area contributed by atoms with Crippen LogP contribution in [-0.2, 0) is 12.8 Å². The smallest absolute Gasteiger partial charge is 0.131 e. The number of rotatable bonds is 8. The summed E-state index contributed by atoms with van der Waals surface area (Å²) in [7, 11) is 0. The van der Waals surface area contributed by atoms with Crippen molar-refractivity contribution in [3.63, 3.8) is 0 Å². The van der Waals surface area contributed by atoms with Crippen LogP contribution in [0.3, 0.4) is 0 Å². The van der Waals surface area contributed by atoms with E-state index in [1.165, 1.54) is 0 Å². The summed E-state index contributed by atoms with van der Waals surface area (Å²) >= 11 is 0. The van der Waals surface area contributed by atoms with Gasteiger partial charge in [0.25, 0.3) is 0 Å². The average molecular weight is 316 g/mol. The predicted octanol–water partition coefficient (Wildman–Crippen LogP) is 3.98. The number of halogens is 1. The highest BCUT2D eigenvalue weighted by Crippen LogP contribution is 2.25. The average Bonchev–Trinajstić information content (AvgIpc) is 2.57. The van der Waals surface area contributed by atoms with Crippen LogP contribution >= 0.6 is 0 Å². The fourth-order valence-electron chi connectivity index (χ4n) is 2.70. The summed E-state index contributed by atoms with van der Waals surface area (Å²) in [5.74, 6) is -0.248. The van der Waals surface area contributed by atoms with Crippen molar-refractivity contribution in [1.29, 1.82) is 0 Å². The van der Waals surface area contributed by atoms with E-state index in [4.69, 9.17) is 10.2 Å². The quantitative estimate of drug-likeness (QED) is 0.773. The highest BCUT2D eigenvalue weighted by molar-refractivity contribution is 5.64. The van der Waals surface area contributed by atoms with Gasteiger partial charge in [-0.15, -0.1) is 0 Å². The summed E-state index contributed by atoms with van der Waals surface area (Å²) in [5.41, 5.74) is 3.66. The van der Waals surface area contributed by atoms with Crippen molar-refractivity contribution < 1.29 is 14.6 Å². The first-order valence-corrected chi connectivity index (χ1v) is 8.27. The Balaban J connectivity index is 2.07. The molecule has 23 heavy (non-hydrogen) atoms. The second-order valence-corrected chi connectivity index (χ2v) is 6.03. The normalized spacial score (nSPS) is 11.2. The third-order valence-electron chi connectivity index (χ3n) is 4.19. The van der Waals surface area contributed by atoms with E-state index in [-0.39, 0.29) is 24.9 Å². The van der Waals surface area contributed by atoms with Crippen LogP contribution in [0.15, 0.2) is 42.5 Å². The Kier molecular flexibility index (Phi) is 6.75. The van der Waals surface area contributed by atoms with Gasteiger partial charge in [0, 0.05) is 24.7 Å². The van der Waals surface area contributed by atoms with Gasteiger partial charge in [-0.1, -0.05) is 49.7 Å². The molecule has 0 fully saturated rings. The molecule has 2 aromatic carbocycles. The fourth-order valence-corrected chi connectivity index (χ4v) is 2.70. The topological polar surface area (TPSA) is 40.5 Å². The zero-order chi connectivity index (χ0) is 16.7. The lowest BCUT2D eigenvalue weighted by Crippen LogP contribution is -2.11. The van der Waals surface area contributed by atoms with Gasteiger partial charge in [-0.3, -0.25) is 0 Å². The van der Waals surface area contributed by atoms with Gasteiger partial charge in [-0.25, -0.2) is 4.39 Å². The zero-order valence-electron chi connectivity index (χ0n) is 13.6. The van der Waals surface area contributed by atoms with E-state index in [0.717, 1.165) is 42.4 Å². The van der Waals surface area contributed by atoms with Gasteiger partial charge >= 0.3 is 0 Å². The molecule has 3 heteroatoms. The molecule has 0 radical (unpaired) electrons. The van der Waals surface area contributed by atoms with E-state index in [9.17, 15) is 4.39 Å². The summed E-state index contributed by atoms with van der Waals surface area (Å²) in [6.45, 7) is 2.09. The van der Waals surface area contributed by atoms with Crippen LogP contribution in [0.5, 0.6) is 0 Å². The molecule has 2 N–H and O–H groups in total. The maximum Gasteiger partial charge on any atom is 0.131 e. The Labute approximate surface area is 137 Å². The van der Waals surface area contributed by atoms with E-state index in [2.05, 4.69) is 6.92 Å². The molecule has 0 bridgehead atoms. The molecule has 2 nitrogen and oxygen atoms in total. The van der Waals surface area contributed by atoms with E-state index in [0.29, 0.717) is 5.56 Å². The van der Waals surface area contributed by atoms with Crippen LogP contribution in [0, 0.1) is 11.7 Å². The van der Waals surface area contributed by atoms with Gasteiger partial charge in [0.2, 0.25) is 0 Å². The first-order valence-electron chi connectivity index (χ1n) is 8.27. The van der Waals surface area contributed by atoms with Gasteiger partial charge in [-0.2, -0.15) is 0 Å². The molecule has 0 unspecified atom stereocenters. The largest absolute Gasteiger partial charge is 0.396 e. The lowest BCUT2D eigenvalue weighted by atomic mass is 9.97. The predicted molar refractivity (Wildman–Crippen MR) is 91.8 cm³/mol. The number of hydrogen-bond acceptors (Lipinski definition) is 2. The molecule has 0 aliphatic carbocycles. The Morgan fingerprint density at radius 1 is 0.913 bits per heavy atom. The van der Waals surface area contributed by atoms with E-state index >= 15 is 0 Å². The molecular formula is C20H25FO2. The second kappa shape index (κ2) is 8.80. The van der Waals surface area contributed by atoms with Crippen LogP contribution < -0.4 is 0 Å². The standard InChI is InChI=1S/C20H25FO2/c1-2-3-16-8-11-19(20(21)12-16)18-9-6-15(7-10-18)4-5-17(13-22)14-23/h6-12,17,22-23H,2-5,13-14H2,1H3. The second-order valence-electron chi connectivity index (χ2n) is 6.03. The van der Waals surface area contributed by atoms with Crippen LogP contribution in [0.4, 0.5) is 4.39 Å². The zero-order valence-corrected chi connectivity index (χ0v) is 13.6. The minimum atomic E-state index is -0.177. The van der Waals surface area contributed by atoms with E-state index in [1.54, 1.807) is 6.07 Å². The fraction of sp³-hybridized carbons (Fsp3) is 0.400. The van der Waals surface area contributed by atoms with Crippen LogP contribution in [-0.4, -0.2) is 23.4 Å². The van der Waals surface area contributed by atoms with Crippen LogP contribution in [0.2, 0.25) is 0 Å². The first kappa shape index (κ1) is 17.6. The van der Waals surface area contributed by atoms with Gasteiger partial charge in [-0.05, 0) is 42.0 Å². The van der Waals surface area contributed by atoms with Crippen molar-refractivity contribution in [3.05, 3.63) is 59.4 Å². The lowest BCUT2D eigenvalue weighted by molar-refractivity contribution is 0.144. The Hall–Kier alpha value is -1.71. The van der Waals surface area contributed by atoms with Crippen LogP contribution in [0.1, 0.15) is 30.9 Å². The van der Waals surface area contributed by atoms with E-state index in [1.807, 2.05) is 36.4 Å². The van der Waals surface area contributed by atoms with Crippen molar-refractivity contribution in [1.82, 2.24) is 0 Å². The Bertz CT molecular complexity index is 604. The maximum absolute atomic E-state index is 14.2. The highest BCUT2D eigenvalue weighted by atomic mass is 19.1. The molecule has 0 aliphatic rings. The third kappa shape index (κ3) is 4.88. The molecule has 0 aromatic heterocycles. The van der Waals surface area contributed by atoms with E-state index < -0.39 is 0 Å². The Morgan fingerprint density at radius 2 is 1.57 bits per heavy atom. The maximum atomic E-state index is 14.2. The summed E-state index contributed by atoms with van der Waals surface area (Å²) in [5, 5.41) is 18.2. The first-order chi connectivity index (χ1) is 11.2. The summed E-state index contributed by atoms with van der Waals surface area (Å²) in [6, 6.07) is 13.3. The van der Waals surface area contributed by atoms with Gasteiger partial charge < -0.3 is 10.2 Å². The highest BCUT2D eigenvalue weighted by Gasteiger charge is 2.08. The molecule has 0 atom stereocenters. The van der Waals surface area contributed by atoms with Gasteiger partial charge in [0.05, 0.1) is 0 Å². The molecule has 0 heterocycles. The molecule has 2 aromatic rings. The minimum Gasteiger partial charge on any atom is -0.396 e. The summed E-state index contributed by atoms with van der Waals surface area (Å²) < 4.78 is 14.2. The van der Waals surface area contributed by atoms with Crippen LogP contribution in [0.25, 0.3) is 11.1 Å². The number of aryl methyl sites for hydroxylation is 2. The third-order valence-corrected chi connectivity index (χ3v) is 4.19. The lowest BCUT2D eigenvalue weighted by Gasteiger charge is -2.11. The van der Waals surface area contributed by atoms with Crippen molar-refractivity contribution >= 4 is 0 Å². The Morgan fingerprint density at radius 3 is 2.13 bits per heavy atom. The van der Waals surface area contributed by atoms with Crippen molar-refractivity contribution in [2.75, 3.05) is 13.2 Å². The number of aliphatic hydroxyl groups is 2. The molecule has 0 aliphatic heterocycles. The monoisotopic (exact) mass is 316 g/mol. The number of benzene rings is 2. The molecular weight excluding hydrogens is 291 g/mol.